The standard InChI is InChI=1S/C9H15N3O/c1-4-10-5-2-8(1)11-7-9-3-6-13-12-9/h3,6,8,10-11H,1-2,4-5,7H2. The fourth-order valence-electron chi connectivity index (χ4n) is 1.60. The molecule has 13 heavy (non-hydrogen) atoms. The van der Waals surface area contributed by atoms with Crippen LogP contribution < -0.4 is 10.6 Å². The van der Waals surface area contributed by atoms with Gasteiger partial charge in [0.2, 0.25) is 0 Å². The first kappa shape index (κ1) is 8.72. The highest BCUT2D eigenvalue weighted by molar-refractivity contribution is 4.95. The van der Waals surface area contributed by atoms with Crippen molar-refractivity contribution >= 4 is 0 Å². The molecule has 1 aromatic rings. The van der Waals surface area contributed by atoms with Crippen molar-refractivity contribution in [1.29, 1.82) is 0 Å². The quantitative estimate of drug-likeness (QED) is 0.713. The van der Waals surface area contributed by atoms with E-state index < -0.39 is 0 Å². The molecule has 0 spiro atoms. The molecule has 1 saturated heterocycles. The zero-order valence-electron chi connectivity index (χ0n) is 7.62. The van der Waals surface area contributed by atoms with Gasteiger partial charge in [-0.2, -0.15) is 0 Å². The molecule has 0 unspecified atom stereocenters. The van der Waals surface area contributed by atoms with Gasteiger partial charge >= 0.3 is 0 Å². The van der Waals surface area contributed by atoms with Crippen molar-refractivity contribution in [2.75, 3.05) is 13.1 Å². The van der Waals surface area contributed by atoms with E-state index in [9.17, 15) is 0 Å². The van der Waals surface area contributed by atoms with Crippen molar-refractivity contribution in [3.8, 4) is 0 Å². The average molecular weight is 181 g/mol. The first-order chi connectivity index (χ1) is 6.45. The molecule has 0 atom stereocenters. The molecule has 0 aliphatic carbocycles. The van der Waals surface area contributed by atoms with Crippen LogP contribution in [0.1, 0.15) is 18.5 Å². The number of hydrogen-bond acceptors (Lipinski definition) is 4. The van der Waals surface area contributed by atoms with Crippen molar-refractivity contribution in [3.05, 3.63) is 18.0 Å². The molecule has 0 aromatic carbocycles. The molecule has 72 valence electrons. The summed E-state index contributed by atoms with van der Waals surface area (Å²) in [4.78, 5) is 0. The van der Waals surface area contributed by atoms with Crippen LogP contribution in [-0.2, 0) is 6.54 Å². The summed E-state index contributed by atoms with van der Waals surface area (Å²) in [6.45, 7) is 3.06. The third-order valence-corrected chi connectivity index (χ3v) is 2.40. The predicted molar refractivity (Wildman–Crippen MR) is 49.2 cm³/mol. The lowest BCUT2D eigenvalue weighted by Gasteiger charge is -2.23. The molecule has 2 heterocycles. The van der Waals surface area contributed by atoms with Gasteiger partial charge in [0.15, 0.2) is 0 Å². The second-order valence-corrected chi connectivity index (χ2v) is 3.40. The number of hydrogen-bond donors (Lipinski definition) is 2. The SMILES string of the molecule is c1cc(CNC2CCNCC2)no1. The van der Waals surface area contributed by atoms with Gasteiger partial charge in [0.05, 0.1) is 5.69 Å². The second-order valence-electron chi connectivity index (χ2n) is 3.40. The Morgan fingerprint density at radius 3 is 3.08 bits per heavy atom. The van der Waals surface area contributed by atoms with E-state index in [1.54, 1.807) is 6.26 Å². The lowest BCUT2D eigenvalue weighted by atomic mass is 10.1. The summed E-state index contributed by atoms with van der Waals surface area (Å²) in [5, 5.41) is 10.6. The van der Waals surface area contributed by atoms with E-state index in [0.29, 0.717) is 6.04 Å². The average Bonchev–Trinajstić information content (AvgIpc) is 2.69. The molecular weight excluding hydrogens is 166 g/mol. The minimum Gasteiger partial charge on any atom is -0.364 e. The van der Waals surface area contributed by atoms with E-state index in [-0.39, 0.29) is 0 Å². The number of rotatable bonds is 3. The van der Waals surface area contributed by atoms with Crippen molar-refractivity contribution in [2.24, 2.45) is 0 Å². The van der Waals surface area contributed by atoms with Gasteiger partial charge in [-0.05, 0) is 25.9 Å². The van der Waals surface area contributed by atoms with Crippen LogP contribution in [0.4, 0.5) is 0 Å². The number of nitrogens with zero attached hydrogens (tertiary/aromatic N) is 1. The molecule has 0 radical (unpaired) electrons. The molecule has 1 aromatic heterocycles. The Labute approximate surface area is 77.7 Å². The monoisotopic (exact) mass is 181 g/mol. The van der Waals surface area contributed by atoms with Gasteiger partial charge in [-0.3, -0.25) is 0 Å². The summed E-state index contributed by atoms with van der Waals surface area (Å²) in [6, 6.07) is 2.53. The minimum absolute atomic E-state index is 0.637. The highest BCUT2D eigenvalue weighted by Gasteiger charge is 2.11. The summed E-state index contributed by atoms with van der Waals surface area (Å²) in [6.07, 6.45) is 4.02. The molecule has 4 nitrogen and oxygen atoms in total. The van der Waals surface area contributed by atoms with Crippen molar-refractivity contribution in [3.63, 3.8) is 0 Å². The summed E-state index contributed by atoms with van der Waals surface area (Å²) in [5.74, 6) is 0. The zero-order valence-corrected chi connectivity index (χ0v) is 7.62. The molecule has 2 N–H and O–H groups in total. The van der Waals surface area contributed by atoms with E-state index in [1.165, 1.54) is 12.8 Å². The number of nitrogens with one attached hydrogen (secondary N) is 2. The zero-order chi connectivity index (χ0) is 8.93. The van der Waals surface area contributed by atoms with Gasteiger partial charge < -0.3 is 15.2 Å². The van der Waals surface area contributed by atoms with Gasteiger partial charge in [0, 0.05) is 18.7 Å². The van der Waals surface area contributed by atoms with E-state index in [0.717, 1.165) is 25.3 Å². The summed E-state index contributed by atoms with van der Waals surface area (Å²) < 4.78 is 4.75. The molecule has 1 fully saturated rings. The summed E-state index contributed by atoms with van der Waals surface area (Å²) in [5.41, 5.74) is 0.985. The highest BCUT2D eigenvalue weighted by atomic mass is 16.5. The van der Waals surface area contributed by atoms with Gasteiger partial charge in [0.1, 0.15) is 6.26 Å². The molecule has 0 saturated carbocycles. The maximum atomic E-state index is 4.75. The minimum atomic E-state index is 0.637. The van der Waals surface area contributed by atoms with Crippen molar-refractivity contribution in [2.45, 2.75) is 25.4 Å². The van der Waals surface area contributed by atoms with Crippen LogP contribution in [0.3, 0.4) is 0 Å². The molecule has 0 bridgehead atoms. The summed E-state index contributed by atoms with van der Waals surface area (Å²) in [7, 11) is 0. The van der Waals surface area contributed by atoms with Crippen LogP contribution >= 0.6 is 0 Å². The Morgan fingerprint density at radius 2 is 2.38 bits per heavy atom. The topological polar surface area (TPSA) is 50.1 Å². The second kappa shape index (κ2) is 4.39. The van der Waals surface area contributed by atoms with Gasteiger partial charge in [-0.15, -0.1) is 0 Å². The fourth-order valence-corrected chi connectivity index (χ4v) is 1.60. The first-order valence-electron chi connectivity index (χ1n) is 4.78. The smallest absolute Gasteiger partial charge is 0.124 e. The fraction of sp³-hybridized carbons (Fsp3) is 0.667. The van der Waals surface area contributed by atoms with E-state index >= 15 is 0 Å². The third-order valence-electron chi connectivity index (χ3n) is 2.40. The maximum Gasteiger partial charge on any atom is 0.124 e. The molecule has 1 aliphatic heterocycles. The van der Waals surface area contributed by atoms with E-state index in [1.807, 2.05) is 6.07 Å². The molecule has 1 aliphatic rings. The Bertz CT molecular complexity index is 229. The van der Waals surface area contributed by atoms with Gasteiger partial charge in [-0.1, -0.05) is 5.16 Å². The Morgan fingerprint density at radius 1 is 1.54 bits per heavy atom. The van der Waals surface area contributed by atoms with Crippen molar-refractivity contribution in [1.82, 2.24) is 15.8 Å². The third kappa shape index (κ3) is 2.54. The van der Waals surface area contributed by atoms with Crippen LogP contribution in [0, 0.1) is 0 Å². The van der Waals surface area contributed by atoms with E-state index in [2.05, 4.69) is 15.8 Å². The van der Waals surface area contributed by atoms with Crippen LogP contribution in [0.25, 0.3) is 0 Å². The normalized spacial score (nSPS) is 19.1. The van der Waals surface area contributed by atoms with E-state index in [4.69, 9.17) is 4.52 Å². The Balaban J connectivity index is 1.72. The largest absolute Gasteiger partial charge is 0.364 e. The van der Waals surface area contributed by atoms with Crippen molar-refractivity contribution < 1.29 is 4.52 Å². The lowest BCUT2D eigenvalue weighted by molar-refractivity contribution is 0.372. The van der Waals surface area contributed by atoms with Crippen LogP contribution in [0.15, 0.2) is 16.9 Å². The van der Waals surface area contributed by atoms with Crippen LogP contribution in [0.5, 0.6) is 0 Å². The van der Waals surface area contributed by atoms with Crippen LogP contribution in [0.2, 0.25) is 0 Å². The Hall–Kier alpha value is -0.870. The molecular formula is C9H15N3O. The predicted octanol–water partition coefficient (Wildman–Crippen LogP) is 0.516. The lowest BCUT2D eigenvalue weighted by Crippen LogP contribution is -2.39. The first-order valence-corrected chi connectivity index (χ1v) is 4.78. The highest BCUT2D eigenvalue weighted by Crippen LogP contribution is 2.03. The molecule has 0 amide bonds. The summed E-state index contributed by atoms with van der Waals surface area (Å²) >= 11 is 0. The molecule has 4 heteroatoms. The maximum absolute atomic E-state index is 4.75. The van der Waals surface area contributed by atoms with Crippen LogP contribution in [-0.4, -0.2) is 24.3 Å². The van der Waals surface area contributed by atoms with Gasteiger partial charge in [0.25, 0.3) is 0 Å². The van der Waals surface area contributed by atoms with Gasteiger partial charge in [-0.25, -0.2) is 0 Å². The number of aromatic nitrogens is 1. The number of piperidine rings is 1. The molecule has 2 rings (SSSR count). The Kier molecular flexibility index (Phi) is 2.94.